The minimum atomic E-state index is -4.82. The van der Waals surface area contributed by atoms with Gasteiger partial charge in [-0.15, -0.1) is 24.5 Å². The number of aliphatic carboxylic acids is 1. The van der Waals surface area contributed by atoms with Crippen LogP contribution in [0.5, 0.6) is 5.75 Å². The molecule has 2 aliphatic rings. The number of nitrogens with zero attached hydrogens (tertiary/aromatic N) is 5. The number of benzene rings is 1. The van der Waals surface area contributed by atoms with Crippen LogP contribution in [0.3, 0.4) is 0 Å². The second-order valence-electron chi connectivity index (χ2n) is 11.0. The van der Waals surface area contributed by atoms with Crippen LogP contribution in [0, 0.1) is 12.8 Å². The van der Waals surface area contributed by atoms with Crippen LogP contribution in [0.15, 0.2) is 30.6 Å². The van der Waals surface area contributed by atoms with Crippen molar-refractivity contribution in [2.75, 3.05) is 24.5 Å². The summed E-state index contributed by atoms with van der Waals surface area (Å²) in [7, 11) is 0. The number of carbonyl (C=O) groups excluding carboxylic acids is 1. The van der Waals surface area contributed by atoms with Gasteiger partial charge in [-0.05, 0) is 57.2 Å². The molecule has 9 nitrogen and oxygen atoms in total. The molecular weight excluding hydrogens is 583 g/mol. The number of hydrogen-bond donors (Lipinski definition) is 1. The van der Waals surface area contributed by atoms with Gasteiger partial charge in [0.2, 0.25) is 0 Å². The van der Waals surface area contributed by atoms with Gasteiger partial charge in [-0.1, -0.05) is 19.1 Å². The van der Waals surface area contributed by atoms with Crippen molar-refractivity contribution in [3.05, 3.63) is 51.7 Å². The van der Waals surface area contributed by atoms with Gasteiger partial charge in [0.1, 0.15) is 22.3 Å². The molecule has 2 fully saturated rings. The van der Waals surface area contributed by atoms with Gasteiger partial charge in [-0.25, -0.2) is 15.0 Å². The van der Waals surface area contributed by atoms with E-state index in [0.29, 0.717) is 66.2 Å². The van der Waals surface area contributed by atoms with Crippen molar-refractivity contribution in [2.45, 2.75) is 71.3 Å². The maximum absolute atomic E-state index is 13.2. The average Bonchev–Trinajstić information content (AvgIpc) is 3.60. The van der Waals surface area contributed by atoms with E-state index in [1.54, 1.807) is 19.1 Å². The highest BCUT2D eigenvalue weighted by Crippen LogP contribution is 2.36. The van der Waals surface area contributed by atoms with E-state index in [1.807, 2.05) is 4.90 Å². The van der Waals surface area contributed by atoms with E-state index in [1.165, 1.54) is 29.8 Å². The normalized spacial score (nSPS) is 18.3. The van der Waals surface area contributed by atoms with E-state index in [4.69, 9.17) is 4.98 Å². The van der Waals surface area contributed by atoms with Gasteiger partial charge >= 0.3 is 12.3 Å². The molecule has 0 bridgehead atoms. The first kappa shape index (κ1) is 30.9. The molecule has 1 N–H and O–H groups in total. The number of carbonyl (C=O) groups is 2. The van der Waals surface area contributed by atoms with Gasteiger partial charge in [0.05, 0.1) is 30.4 Å². The van der Waals surface area contributed by atoms with Crippen LogP contribution >= 0.6 is 11.3 Å². The van der Waals surface area contributed by atoms with Gasteiger partial charge in [0, 0.05) is 36.1 Å². The molecule has 2 aromatic heterocycles. The molecule has 4 heterocycles. The molecule has 0 spiro atoms. The molecule has 13 heteroatoms. The molecule has 0 aliphatic carbocycles. The lowest BCUT2D eigenvalue weighted by atomic mass is 9.97. The predicted octanol–water partition coefficient (Wildman–Crippen LogP) is 5.91. The number of alkyl halides is 3. The van der Waals surface area contributed by atoms with Crippen LogP contribution in [-0.2, 0) is 17.8 Å². The van der Waals surface area contributed by atoms with Gasteiger partial charge in [0.15, 0.2) is 5.78 Å². The molecule has 3 aromatic rings. The molecule has 0 saturated carbocycles. The number of hydrogen-bond acceptors (Lipinski definition) is 9. The van der Waals surface area contributed by atoms with E-state index in [0.717, 1.165) is 30.7 Å². The Morgan fingerprint density at radius 1 is 1.12 bits per heavy atom. The number of thiazole rings is 1. The van der Waals surface area contributed by atoms with E-state index in [-0.39, 0.29) is 29.6 Å². The Labute approximate surface area is 251 Å². The summed E-state index contributed by atoms with van der Waals surface area (Å²) in [6, 6.07) is 5.09. The third kappa shape index (κ3) is 7.50. The molecule has 0 unspecified atom stereocenters. The zero-order valence-corrected chi connectivity index (χ0v) is 24.9. The number of carboxylic acids is 1. The fourth-order valence-corrected chi connectivity index (χ4v) is 6.87. The Hall–Kier alpha value is -3.58. The topological polar surface area (TPSA) is 109 Å². The molecule has 1 aromatic carbocycles. The number of aryl methyl sites for hydroxylation is 1. The van der Waals surface area contributed by atoms with Gasteiger partial charge in [-0.3, -0.25) is 14.5 Å². The van der Waals surface area contributed by atoms with Crippen LogP contribution < -0.4 is 9.64 Å². The Bertz CT molecular complexity index is 1450. The van der Waals surface area contributed by atoms with Crippen molar-refractivity contribution >= 4 is 28.9 Å². The number of anilines is 1. The Morgan fingerprint density at radius 2 is 1.88 bits per heavy atom. The third-order valence-corrected chi connectivity index (χ3v) is 9.19. The summed E-state index contributed by atoms with van der Waals surface area (Å²) in [5.41, 5.74) is 1.59. The summed E-state index contributed by atoms with van der Waals surface area (Å²) >= 11 is 1.39. The van der Waals surface area contributed by atoms with Gasteiger partial charge in [0.25, 0.3) is 0 Å². The van der Waals surface area contributed by atoms with Crippen molar-refractivity contribution < 1.29 is 32.6 Å². The van der Waals surface area contributed by atoms with Crippen molar-refractivity contribution in [3.63, 3.8) is 0 Å². The Balaban J connectivity index is 1.36. The second kappa shape index (κ2) is 13.0. The molecule has 5 rings (SSSR count). The standard InChI is InChI=1S/C30H34F3N5O4S/c1-3-21-5-4-10-38(21)17-25-28(20-7-6-18(2)24(13-20)42-30(31,32)33)36-27(43-25)14-23(39)22-15-35-26(16-34-22)37-11-8-19(9-12-37)29(40)41/h6-7,13,15-16,19,21H,3-5,8-12,14,17H2,1-2H3,(H,40,41)/t21-/m1/s1. The molecule has 0 amide bonds. The highest BCUT2D eigenvalue weighted by molar-refractivity contribution is 7.12. The van der Waals surface area contributed by atoms with Crippen LogP contribution in [0.1, 0.15) is 65.0 Å². The molecular formula is C30H34F3N5O4S. The number of rotatable bonds is 10. The number of carboxylic acid groups (broad SMARTS) is 1. The minimum Gasteiger partial charge on any atom is -0.481 e. The van der Waals surface area contributed by atoms with Gasteiger partial charge < -0.3 is 14.7 Å². The highest BCUT2D eigenvalue weighted by Gasteiger charge is 2.32. The lowest BCUT2D eigenvalue weighted by molar-refractivity contribution is -0.274. The summed E-state index contributed by atoms with van der Waals surface area (Å²) in [4.78, 5) is 43.1. The summed E-state index contributed by atoms with van der Waals surface area (Å²) in [5, 5.41) is 9.76. The van der Waals surface area contributed by atoms with Crippen molar-refractivity contribution in [3.8, 4) is 17.0 Å². The monoisotopic (exact) mass is 617 g/mol. The number of ketones is 1. The molecule has 2 aliphatic heterocycles. The lowest BCUT2D eigenvalue weighted by Gasteiger charge is -2.30. The highest BCUT2D eigenvalue weighted by atomic mass is 32.1. The first-order valence-corrected chi connectivity index (χ1v) is 15.2. The minimum absolute atomic E-state index is 0.0231. The SMILES string of the molecule is CC[C@@H]1CCCN1Cc1sc(CC(=O)c2cnc(N3CCC(C(=O)O)CC3)cn2)nc1-c1ccc(C)c(OC(F)(F)F)c1. The van der Waals surface area contributed by atoms with Crippen LogP contribution in [0.2, 0.25) is 0 Å². The first-order valence-electron chi connectivity index (χ1n) is 14.4. The average molecular weight is 618 g/mol. The number of halogens is 3. The Morgan fingerprint density at radius 3 is 2.53 bits per heavy atom. The van der Waals surface area contributed by atoms with E-state index >= 15 is 0 Å². The van der Waals surface area contributed by atoms with E-state index in [9.17, 15) is 27.9 Å². The number of ether oxygens (including phenoxy) is 1. The summed E-state index contributed by atoms with van der Waals surface area (Å²) in [5.74, 6) is -1.11. The van der Waals surface area contributed by atoms with Crippen LogP contribution in [-0.4, -0.2) is 68.7 Å². The first-order chi connectivity index (χ1) is 20.5. The fraction of sp³-hybridized carbons (Fsp3) is 0.500. The number of aromatic nitrogens is 3. The third-order valence-electron chi connectivity index (χ3n) is 8.15. The fourth-order valence-electron chi connectivity index (χ4n) is 5.75. The number of likely N-dealkylation sites (tertiary alicyclic amines) is 1. The Kier molecular flexibility index (Phi) is 9.30. The van der Waals surface area contributed by atoms with Gasteiger partial charge in [-0.2, -0.15) is 0 Å². The quantitative estimate of drug-likeness (QED) is 0.278. The molecule has 230 valence electrons. The van der Waals surface area contributed by atoms with Crippen molar-refractivity contribution in [1.82, 2.24) is 19.9 Å². The maximum Gasteiger partial charge on any atom is 0.573 e. The summed E-state index contributed by atoms with van der Waals surface area (Å²) in [6.07, 6.45) is 2.33. The molecule has 43 heavy (non-hydrogen) atoms. The number of piperidine rings is 1. The predicted molar refractivity (Wildman–Crippen MR) is 155 cm³/mol. The smallest absolute Gasteiger partial charge is 0.481 e. The van der Waals surface area contributed by atoms with E-state index in [2.05, 4.69) is 26.5 Å². The lowest BCUT2D eigenvalue weighted by Crippen LogP contribution is -2.36. The number of Topliss-reactive ketones (excluding diaryl/α,β-unsaturated/α-hetero) is 1. The summed E-state index contributed by atoms with van der Waals surface area (Å²) in [6.45, 7) is 6.32. The van der Waals surface area contributed by atoms with Crippen molar-refractivity contribution in [1.29, 1.82) is 0 Å². The maximum atomic E-state index is 13.2. The molecule has 2 saturated heterocycles. The molecule has 1 atom stereocenters. The zero-order valence-electron chi connectivity index (χ0n) is 24.1. The van der Waals surface area contributed by atoms with E-state index < -0.39 is 12.3 Å². The molecule has 0 radical (unpaired) electrons. The second-order valence-corrected chi connectivity index (χ2v) is 12.2. The summed E-state index contributed by atoms with van der Waals surface area (Å²) < 4.78 is 43.4. The zero-order chi connectivity index (χ0) is 30.7. The van der Waals surface area contributed by atoms with Crippen LogP contribution in [0.4, 0.5) is 19.0 Å². The van der Waals surface area contributed by atoms with Crippen LogP contribution in [0.25, 0.3) is 11.3 Å². The van der Waals surface area contributed by atoms with Crippen molar-refractivity contribution in [2.24, 2.45) is 5.92 Å². The largest absolute Gasteiger partial charge is 0.573 e.